The molecule has 4 rings (SSSR count). The molecule has 6 heteroatoms. The molecule has 0 radical (unpaired) electrons. The summed E-state index contributed by atoms with van der Waals surface area (Å²) in [5, 5.41) is 3.16. The second kappa shape index (κ2) is 10.0. The van der Waals surface area contributed by atoms with Gasteiger partial charge >= 0.3 is 0 Å². The van der Waals surface area contributed by atoms with E-state index in [9.17, 15) is 4.79 Å². The van der Waals surface area contributed by atoms with Crippen molar-refractivity contribution in [2.75, 3.05) is 13.1 Å². The van der Waals surface area contributed by atoms with Crippen LogP contribution >= 0.6 is 15.9 Å². The van der Waals surface area contributed by atoms with Crippen molar-refractivity contribution in [3.05, 3.63) is 88.4 Å². The van der Waals surface area contributed by atoms with E-state index in [-0.39, 0.29) is 11.8 Å². The van der Waals surface area contributed by atoms with Crippen molar-refractivity contribution < 1.29 is 4.79 Å². The number of benzene rings is 2. The van der Waals surface area contributed by atoms with Gasteiger partial charge in [0.1, 0.15) is 0 Å². The fraction of sp³-hybridized carbons (Fsp3) is 0.333. The number of nitrogens with zero attached hydrogens (tertiary/aromatic N) is 3. The molecule has 1 atom stereocenters. The number of piperidine rings is 1. The van der Waals surface area contributed by atoms with Crippen molar-refractivity contribution in [1.82, 2.24) is 19.8 Å². The first-order valence-electron chi connectivity index (χ1n) is 10.4. The maximum atomic E-state index is 12.8. The fourth-order valence-electron chi connectivity index (χ4n) is 4.02. The molecule has 3 aromatic rings. The molecule has 1 aromatic heterocycles. The van der Waals surface area contributed by atoms with Gasteiger partial charge in [0.05, 0.1) is 12.2 Å². The fourth-order valence-corrected chi connectivity index (χ4v) is 4.29. The lowest BCUT2D eigenvalue weighted by atomic mass is 9.96. The Kier molecular flexibility index (Phi) is 6.97. The minimum Gasteiger partial charge on any atom is -0.352 e. The molecule has 1 unspecified atom stereocenters. The lowest BCUT2D eigenvalue weighted by Gasteiger charge is -2.32. The summed E-state index contributed by atoms with van der Waals surface area (Å²) in [6.07, 6.45) is 7.59. The Morgan fingerprint density at radius 1 is 1.10 bits per heavy atom. The molecule has 0 aliphatic carbocycles. The Balaban J connectivity index is 1.28. The third kappa shape index (κ3) is 5.80. The largest absolute Gasteiger partial charge is 0.352 e. The van der Waals surface area contributed by atoms with Crippen LogP contribution in [-0.4, -0.2) is 33.4 Å². The lowest BCUT2D eigenvalue weighted by Crippen LogP contribution is -2.42. The molecule has 0 bridgehead atoms. The first-order valence-corrected chi connectivity index (χ1v) is 11.2. The molecule has 2 aromatic carbocycles. The van der Waals surface area contributed by atoms with E-state index >= 15 is 0 Å². The molecule has 0 saturated carbocycles. The highest BCUT2D eigenvalue weighted by atomic mass is 79.9. The standard InChI is InChI=1S/C24H27BrN4O/c25-23-8-6-19(7-9-23)15-28-11-2-5-22(17-28)24(30)27-14-20-3-1-4-21(13-20)16-29-12-10-26-18-29/h1,3-4,6-10,12-13,18,22H,2,5,11,14-17H2,(H,27,30). The summed E-state index contributed by atoms with van der Waals surface area (Å²) in [7, 11) is 0. The predicted octanol–water partition coefficient (Wildman–Crippen LogP) is 4.22. The molecule has 5 nitrogen and oxygen atoms in total. The molecular weight excluding hydrogens is 440 g/mol. The summed E-state index contributed by atoms with van der Waals surface area (Å²) in [6, 6.07) is 16.8. The highest BCUT2D eigenvalue weighted by molar-refractivity contribution is 9.10. The van der Waals surface area contributed by atoms with E-state index < -0.39 is 0 Å². The number of hydrogen-bond donors (Lipinski definition) is 1. The van der Waals surface area contributed by atoms with Gasteiger partial charge in [0.15, 0.2) is 0 Å². The quantitative estimate of drug-likeness (QED) is 0.566. The molecule has 0 spiro atoms. The summed E-state index contributed by atoms with van der Waals surface area (Å²) in [5.74, 6) is 0.221. The van der Waals surface area contributed by atoms with Crippen molar-refractivity contribution in [2.24, 2.45) is 5.92 Å². The van der Waals surface area contributed by atoms with Crippen LogP contribution in [0.4, 0.5) is 0 Å². The molecule has 156 valence electrons. The van der Waals surface area contributed by atoms with E-state index in [4.69, 9.17) is 0 Å². The summed E-state index contributed by atoms with van der Waals surface area (Å²) in [4.78, 5) is 19.3. The summed E-state index contributed by atoms with van der Waals surface area (Å²) < 4.78 is 3.14. The van der Waals surface area contributed by atoms with E-state index in [1.165, 1.54) is 11.1 Å². The molecule has 1 amide bonds. The van der Waals surface area contributed by atoms with Crippen LogP contribution in [0.3, 0.4) is 0 Å². The number of hydrogen-bond acceptors (Lipinski definition) is 3. The van der Waals surface area contributed by atoms with Crippen LogP contribution in [0, 0.1) is 5.92 Å². The molecule has 1 saturated heterocycles. The average Bonchev–Trinajstić information content (AvgIpc) is 3.27. The number of carbonyl (C=O) groups excluding carboxylic acids is 1. The monoisotopic (exact) mass is 466 g/mol. The van der Waals surface area contributed by atoms with Gasteiger partial charge in [-0.15, -0.1) is 0 Å². The van der Waals surface area contributed by atoms with E-state index in [0.717, 1.165) is 49.1 Å². The number of halogens is 1. The Morgan fingerprint density at radius 3 is 2.73 bits per heavy atom. The zero-order valence-corrected chi connectivity index (χ0v) is 18.6. The molecule has 1 fully saturated rings. The Hall–Kier alpha value is -2.44. The zero-order valence-electron chi connectivity index (χ0n) is 17.0. The highest BCUT2D eigenvalue weighted by Crippen LogP contribution is 2.20. The van der Waals surface area contributed by atoms with E-state index in [0.29, 0.717) is 6.54 Å². The van der Waals surface area contributed by atoms with Gasteiger partial charge in [-0.2, -0.15) is 0 Å². The van der Waals surface area contributed by atoms with Gasteiger partial charge in [-0.05, 0) is 48.2 Å². The number of amides is 1. The molecular formula is C24H27BrN4O. The van der Waals surface area contributed by atoms with Crippen LogP contribution < -0.4 is 5.32 Å². The normalized spacial score (nSPS) is 17.0. The van der Waals surface area contributed by atoms with E-state index in [1.807, 2.05) is 23.2 Å². The molecule has 1 aliphatic rings. The van der Waals surface area contributed by atoms with Gasteiger partial charge in [0.2, 0.25) is 5.91 Å². The minimum absolute atomic E-state index is 0.0586. The Labute approximate surface area is 186 Å². The maximum absolute atomic E-state index is 12.8. The predicted molar refractivity (Wildman–Crippen MR) is 122 cm³/mol. The Morgan fingerprint density at radius 2 is 1.93 bits per heavy atom. The first-order chi connectivity index (χ1) is 14.7. The number of carbonyl (C=O) groups is 1. The van der Waals surface area contributed by atoms with Crippen LogP contribution in [0.1, 0.15) is 29.5 Å². The van der Waals surface area contributed by atoms with Crippen molar-refractivity contribution in [2.45, 2.75) is 32.5 Å². The van der Waals surface area contributed by atoms with E-state index in [1.54, 1.807) is 6.20 Å². The van der Waals surface area contributed by atoms with Crippen LogP contribution in [0.5, 0.6) is 0 Å². The van der Waals surface area contributed by atoms with E-state index in [2.05, 4.69) is 73.6 Å². The zero-order chi connectivity index (χ0) is 20.8. The third-order valence-corrected chi connectivity index (χ3v) is 6.11. The lowest BCUT2D eigenvalue weighted by molar-refractivity contribution is -0.126. The number of nitrogens with one attached hydrogen (secondary N) is 1. The van der Waals surface area contributed by atoms with Crippen molar-refractivity contribution in [1.29, 1.82) is 0 Å². The van der Waals surface area contributed by atoms with Gasteiger partial charge in [-0.3, -0.25) is 9.69 Å². The number of imidazole rings is 1. The highest BCUT2D eigenvalue weighted by Gasteiger charge is 2.25. The molecule has 30 heavy (non-hydrogen) atoms. The smallest absolute Gasteiger partial charge is 0.224 e. The number of rotatable bonds is 7. The first kappa shape index (κ1) is 20.8. The molecule has 2 heterocycles. The van der Waals surface area contributed by atoms with Crippen LogP contribution in [0.25, 0.3) is 0 Å². The van der Waals surface area contributed by atoms with Crippen LogP contribution in [0.2, 0.25) is 0 Å². The molecule has 1 aliphatic heterocycles. The second-order valence-electron chi connectivity index (χ2n) is 7.97. The Bertz CT molecular complexity index is 956. The van der Waals surface area contributed by atoms with Gasteiger partial charge in [0, 0.05) is 43.0 Å². The summed E-state index contributed by atoms with van der Waals surface area (Å²) in [5.41, 5.74) is 3.62. The number of aromatic nitrogens is 2. The van der Waals surface area contributed by atoms with Crippen molar-refractivity contribution >= 4 is 21.8 Å². The van der Waals surface area contributed by atoms with Crippen LogP contribution in [-0.2, 0) is 24.4 Å². The van der Waals surface area contributed by atoms with Gasteiger partial charge in [-0.25, -0.2) is 4.98 Å². The van der Waals surface area contributed by atoms with Crippen molar-refractivity contribution in [3.63, 3.8) is 0 Å². The average molecular weight is 467 g/mol. The second-order valence-corrected chi connectivity index (χ2v) is 8.89. The van der Waals surface area contributed by atoms with Crippen molar-refractivity contribution in [3.8, 4) is 0 Å². The topological polar surface area (TPSA) is 50.2 Å². The molecule has 1 N–H and O–H groups in total. The number of likely N-dealkylation sites (tertiary alicyclic amines) is 1. The summed E-state index contributed by atoms with van der Waals surface area (Å²) in [6.45, 7) is 4.13. The summed E-state index contributed by atoms with van der Waals surface area (Å²) >= 11 is 3.48. The third-order valence-electron chi connectivity index (χ3n) is 5.58. The van der Waals surface area contributed by atoms with Gasteiger partial charge in [0.25, 0.3) is 0 Å². The SMILES string of the molecule is O=C(NCc1cccc(Cn2ccnc2)c1)C1CCCN(Cc2ccc(Br)cc2)C1. The minimum atomic E-state index is 0.0586. The van der Waals surface area contributed by atoms with Gasteiger partial charge in [-0.1, -0.05) is 52.3 Å². The van der Waals surface area contributed by atoms with Gasteiger partial charge < -0.3 is 9.88 Å². The van der Waals surface area contributed by atoms with Crippen LogP contribution in [0.15, 0.2) is 71.7 Å². The maximum Gasteiger partial charge on any atom is 0.224 e.